The molecule has 6 heteroatoms. The quantitative estimate of drug-likeness (QED) is 0.696. The molecule has 0 radical (unpaired) electrons. The molecule has 21 heavy (non-hydrogen) atoms. The van der Waals surface area contributed by atoms with E-state index in [1.807, 2.05) is 18.2 Å². The van der Waals surface area contributed by atoms with Crippen molar-refractivity contribution in [2.24, 2.45) is 0 Å². The van der Waals surface area contributed by atoms with E-state index in [1.165, 1.54) is 0 Å². The Morgan fingerprint density at radius 1 is 1.33 bits per heavy atom. The van der Waals surface area contributed by atoms with Crippen LogP contribution in [0.15, 0.2) is 36.5 Å². The molecule has 0 saturated carbocycles. The molecule has 1 aromatic carbocycles. The van der Waals surface area contributed by atoms with Crippen molar-refractivity contribution in [1.82, 2.24) is 9.97 Å². The molecular formula is C15H14ClN3O2. The molecule has 1 aliphatic rings. The molecular weight excluding hydrogens is 290 g/mol. The summed E-state index contributed by atoms with van der Waals surface area (Å²) in [7, 11) is 0. The van der Waals surface area contributed by atoms with E-state index in [4.69, 9.17) is 26.8 Å². The standard InChI is InChI=1S/C15H14ClN3O2/c16-15-18-9-13(10-4-6-20-7-5-10)14(19-15)21-12-3-1-2-11(17)8-12/h1-4,8-9H,5-7,17H2. The van der Waals surface area contributed by atoms with E-state index in [9.17, 15) is 0 Å². The van der Waals surface area contributed by atoms with Crippen LogP contribution in [0.4, 0.5) is 5.69 Å². The predicted molar refractivity (Wildman–Crippen MR) is 81.4 cm³/mol. The SMILES string of the molecule is Nc1cccc(Oc2nc(Cl)ncc2C2=CCOCC2)c1. The lowest BCUT2D eigenvalue weighted by molar-refractivity contribution is 0.161. The lowest BCUT2D eigenvalue weighted by Crippen LogP contribution is -2.06. The summed E-state index contributed by atoms with van der Waals surface area (Å²) < 4.78 is 11.1. The highest BCUT2D eigenvalue weighted by Gasteiger charge is 2.15. The number of aromatic nitrogens is 2. The Balaban J connectivity index is 1.96. The van der Waals surface area contributed by atoms with Gasteiger partial charge in [0.2, 0.25) is 11.2 Å². The van der Waals surface area contributed by atoms with E-state index >= 15 is 0 Å². The van der Waals surface area contributed by atoms with Crippen molar-refractivity contribution in [2.75, 3.05) is 18.9 Å². The lowest BCUT2D eigenvalue weighted by atomic mass is 10.0. The number of benzene rings is 1. The molecule has 5 nitrogen and oxygen atoms in total. The van der Waals surface area contributed by atoms with E-state index in [-0.39, 0.29) is 5.28 Å². The van der Waals surface area contributed by atoms with Crippen LogP contribution in [0, 0.1) is 0 Å². The van der Waals surface area contributed by atoms with Crippen molar-refractivity contribution >= 4 is 22.9 Å². The molecule has 0 unspecified atom stereocenters. The molecule has 0 atom stereocenters. The number of hydrogen-bond donors (Lipinski definition) is 1. The Morgan fingerprint density at radius 3 is 3.00 bits per heavy atom. The maximum Gasteiger partial charge on any atom is 0.231 e. The summed E-state index contributed by atoms with van der Waals surface area (Å²) in [5.74, 6) is 1.03. The fourth-order valence-corrected chi connectivity index (χ4v) is 2.23. The Kier molecular flexibility index (Phi) is 4.03. The van der Waals surface area contributed by atoms with Gasteiger partial charge in [0.25, 0.3) is 0 Å². The third-order valence-corrected chi connectivity index (χ3v) is 3.29. The van der Waals surface area contributed by atoms with E-state index in [1.54, 1.807) is 18.3 Å². The van der Waals surface area contributed by atoms with Gasteiger partial charge in [0.1, 0.15) is 5.75 Å². The second-order valence-corrected chi connectivity index (χ2v) is 4.92. The van der Waals surface area contributed by atoms with Gasteiger partial charge in [-0.25, -0.2) is 4.98 Å². The first-order valence-electron chi connectivity index (χ1n) is 6.55. The zero-order chi connectivity index (χ0) is 14.7. The van der Waals surface area contributed by atoms with Gasteiger partial charge in [0.05, 0.1) is 18.8 Å². The van der Waals surface area contributed by atoms with E-state index < -0.39 is 0 Å². The maximum atomic E-state index is 5.88. The molecule has 3 rings (SSSR count). The number of halogens is 1. The molecule has 0 spiro atoms. The second kappa shape index (κ2) is 6.11. The highest BCUT2D eigenvalue weighted by molar-refractivity contribution is 6.28. The van der Waals surface area contributed by atoms with Crippen LogP contribution >= 0.6 is 11.6 Å². The third-order valence-electron chi connectivity index (χ3n) is 3.11. The summed E-state index contributed by atoms with van der Waals surface area (Å²) in [6, 6.07) is 7.16. The number of hydrogen-bond acceptors (Lipinski definition) is 5. The summed E-state index contributed by atoms with van der Waals surface area (Å²) in [5.41, 5.74) is 8.30. The Labute approximate surface area is 127 Å². The smallest absolute Gasteiger partial charge is 0.231 e. The van der Waals surface area contributed by atoms with Gasteiger partial charge < -0.3 is 15.2 Å². The number of nitrogens with two attached hydrogens (primary N) is 1. The maximum absolute atomic E-state index is 5.88. The van der Waals surface area contributed by atoms with Crippen LogP contribution in [0.3, 0.4) is 0 Å². The number of rotatable bonds is 3. The van der Waals surface area contributed by atoms with Crippen LogP contribution in [-0.2, 0) is 4.74 Å². The summed E-state index contributed by atoms with van der Waals surface area (Å²) >= 11 is 5.88. The molecule has 108 valence electrons. The average molecular weight is 304 g/mol. The fraction of sp³-hybridized carbons (Fsp3) is 0.200. The lowest BCUT2D eigenvalue weighted by Gasteiger charge is -2.16. The minimum Gasteiger partial charge on any atom is -0.438 e. The first-order valence-corrected chi connectivity index (χ1v) is 6.93. The fourth-order valence-electron chi connectivity index (χ4n) is 2.11. The highest BCUT2D eigenvalue weighted by Crippen LogP contribution is 2.32. The topological polar surface area (TPSA) is 70.3 Å². The van der Waals surface area contributed by atoms with Gasteiger partial charge in [-0.2, -0.15) is 4.98 Å². The monoisotopic (exact) mass is 303 g/mol. The second-order valence-electron chi connectivity index (χ2n) is 4.59. The average Bonchev–Trinajstić information content (AvgIpc) is 2.48. The summed E-state index contributed by atoms with van der Waals surface area (Å²) in [6.07, 6.45) is 4.47. The zero-order valence-electron chi connectivity index (χ0n) is 11.3. The Hall–Kier alpha value is -2.11. The van der Waals surface area contributed by atoms with E-state index in [2.05, 4.69) is 9.97 Å². The minimum absolute atomic E-state index is 0.144. The Morgan fingerprint density at radius 2 is 2.24 bits per heavy atom. The summed E-state index contributed by atoms with van der Waals surface area (Å²) in [5, 5.41) is 0.144. The van der Waals surface area contributed by atoms with Crippen LogP contribution in [0.1, 0.15) is 12.0 Å². The first-order chi connectivity index (χ1) is 10.2. The zero-order valence-corrected chi connectivity index (χ0v) is 12.0. The van der Waals surface area contributed by atoms with E-state index in [0.717, 1.165) is 17.6 Å². The molecule has 2 heterocycles. The highest BCUT2D eigenvalue weighted by atomic mass is 35.5. The van der Waals surface area contributed by atoms with Crippen molar-refractivity contribution in [3.8, 4) is 11.6 Å². The summed E-state index contributed by atoms with van der Waals surface area (Å²) in [6.45, 7) is 1.25. The minimum atomic E-state index is 0.144. The number of nitrogens with zero attached hydrogens (tertiary/aromatic N) is 2. The molecule has 0 fully saturated rings. The van der Waals surface area contributed by atoms with Gasteiger partial charge in [-0.3, -0.25) is 0 Å². The molecule has 0 aliphatic carbocycles. The largest absolute Gasteiger partial charge is 0.438 e. The van der Waals surface area contributed by atoms with Gasteiger partial charge in [-0.15, -0.1) is 0 Å². The van der Waals surface area contributed by atoms with Crippen LogP contribution in [0.5, 0.6) is 11.6 Å². The van der Waals surface area contributed by atoms with Gasteiger partial charge >= 0.3 is 0 Å². The van der Waals surface area contributed by atoms with Crippen LogP contribution in [0.2, 0.25) is 5.28 Å². The molecule has 0 saturated heterocycles. The molecule has 0 bridgehead atoms. The van der Waals surface area contributed by atoms with Gasteiger partial charge in [-0.05, 0) is 35.7 Å². The van der Waals surface area contributed by atoms with Crippen LogP contribution in [-0.4, -0.2) is 23.2 Å². The van der Waals surface area contributed by atoms with Crippen molar-refractivity contribution in [2.45, 2.75) is 6.42 Å². The number of anilines is 1. The number of nitrogen functional groups attached to an aromatic ring is 1. The molecule has 2 N–H and O–H groups in total. The van der Waals surface area contributed by atoms with Crippen LogP contribution < -0.4 is 10.5 Å². The van der Waals surface area contributed by atoms with Crippen molar-refractivity contribution < 1.29 is 9.47 Å². The van der Waals surface area contributed by atoms with Crippen LogP contribution in [0.25, 0.3) is 5.57 Å². The molecule has 1 aliphatic heterocycles. The van der Waals surface area contributed by atoms with Gasteiger partial charge in [0.15, 0.2) is 0 Å². The normalized spacial score (nSPS) is 14.6. The first kappa shape index (κ1) is 13.9. The van der Waals surface area contributed by atoms with Crippen molar-refractivity contribution in [3.63, 3.8) is 0 Å². The van der Waals surface area contributed by atoms with E-state index in [0.29, 0.717) is 30.5 Å². The predicted octanol–water partition coefficient (Wildman–Crippen LogP) is 3.31. The van der Waals surface area contributed by atoms with Crippen molar-refractivity contribution in [3.05, 3.63) is 47.4 Å². The number of ether oxygens (including phenoxy) is 2. The van der Waals surface area contributed by atoms with Gasteiger partial charge in [-0.1, -0.05) is 12.1 Å². The van der Waals surface area contributed by atoms with Crippen molar-refractivity contribution in [1.29, 1.82) is 0 Å². The molecule has 2 aromatic rings. The third kappa shape index (κ3) is 3.32. The summed E-state index contributed by atoms with van der Waals surface area (Å²) in [4.78, 5) is 8.23. The molecule has 0 amide bonds. The van der Waals surface area contributed by atoms with Gasteiger partial charge in [0, 0.05) is 18.0 Å². The Bertz CT molecular complexity index is 688. The molecule has 1 aromatic heterocycles.